The third-order valence-corrected chi connectivity index (χ3v) is 3.04. The van der Waals surface area contributed by atoms with Crippen molar-refractivity contribution in [3.8, 4) is 0 Å². The van der Waals surface area contributed by atoms with E-state index in [0.29, 0.717) is 0 Å². The van der Waals surface area contributed by atoms with E-state index in [4.69, 9.17) is 0 Å². The van der Waals surface area contributed by atoms with Gasteiger partial charge in [0.1, 0.15) is 0 Å². The van der Waals surface area contributed by atoms with Crippen molar-refractivity contribution >= 4 is 5.91 Å². The van der Waals surface area contributed by atoms with Gasteiger partial charge in [-0.25, -0.2) is 13.8 Å². The summed E-state index contributed by atoms with van der Waals surface area (Å²) in [5, 5.41) is 2.63. The molecule has 1 aromatic rings. The Bertz CT molecular complexity index is 441. The second-order valence-electron chi connectivity index (χ2n) is 4.47. The number of halogens is 3. The van der Waals surface area contributed by atoms with Gasteiger partial charge in [0.25, 0.3) is 5.91 Å². The first-order valence-corrected chi connectivity index (χ1v) is 5.76. The minimum atomic E-state index is -2.62. The molecule has 0 aromatic carbocycles. The Kier molecular flexibility index (Phi) is 3.54. The molecule has 6 heteroatoms. The van der Waals surface area contributed by atoms with Crippen LogP contribution in [0.3, 0.4) is 0 Å². The molecule has 0 radical (unpaired) electrons. The summed E-state index contributed by atoms with van der Waals surface area (Å²) in [4.78, 5) is 15.1. The highest BCUT2D eigenvalue weighted by atomic mass is 19.3. The van der Waals surface area contributed by atoms with Crippen LogP contribution in [0.4, 0.5) is 13.2 Å². The van der Waals surface area contributed by atoms with Crippen molar-refractivity contribution < 1.29 is 18.0 Å². The van der Waals surface area contributed by atoms with Crippen molar-refractivity contribution in [2.75, 3.05) is 0 Å². The quantitative estimate of drug-likeness (QED) is 0.828. The Morgan fingerprint density at radius 3 is 2.67 bits per heavy atom. The minimum Gasteiger partial charge on any atom is -0.349 e. The molecule has 1 saturated carbocycles. The lowest BCUT2D eigenvalue weighted by Crippen LogP contribution is -2.40. The van der Waals surface area contributed by atoms with E-state index in [2.05, 4.69) is 10.3 Å². The molecule has 2 rings (SSSR count). The van der Waals surface area contributed by atoms with Gasteiger partial charge >= 0.3 is 0 Å². The first-order chi connectivity index (χ1) is 8.46. The van der Waals surface area contributed by atoms with Crippen molar-refractivity contribution in [1.29, 1.82) is 0 Å². The largest absolute Gasteiger partial charge is 0.349 e. The van der Waals surface area contributed by atoms with Crippen molar-refractivity contribution in [2.45, 2.75) is 37.6 Å². The number of carbonyl (C=O) groups excluding carboxylic acids is 1. The van der Waals surface area contributed by atoms with Crippen molar-refractivity contribution in [2.24, 2.45) is 0 Å². The van der Waals surface area contributed by atoms with Crippen LogP contribution in [0.5, 0.6) is 0 Å². The summed E-state index contributed by atoms with van der Waals surface area (Å²) in [6.45, 7) is 0. The van der Waals surface area contributed by atoms with Crippen LogP contribution in [0.1, 0.15) is 36.0 Å². The van der Waals surface area contributed by atoms with E-state index in [1.165, 1.54) is 12.3 Å². The van der Waals surface area contributed by atoms with Gasteiger partial charge in [-0.2, -0.15) is 4.39 Å². The van der Waals surface area contributed by atoms with Gasteiger partial charge in [-0.1, -0.05) is 0 Å². The average Bonchev–Trinajstić information content (AvgIpc) is 2.32. The fourth-order valence-electron chi connectivity index (χ4n) is 2.00. The lowest BCUT2D eigenvalue weighted by Gasteiger charge is -2.28. The Morgan fingerprint density at radius 2 is 2.06 bits per heavy atom. The normalized spacial score (nSPS) is 19.5. The van der Waals surface area contributed by atoms with Gasteiger partial charge in [0.05, 0.1) is 0 Å². The zero-order valence-electron chi connectivity index (χ0n) is 9.63. The molecule has 3 nitrogen and oxygen atoms in total. The molecular formula is C12H13F3N2O. The molecule has 1 amide bonds. The van der Waals surface area contributed by atoms with Crippen LogP contribution < -0.4 is 5.32 Å². The van der Waals surface area contributed by atoms with Crippen molar-refractivity contribution in [3.05, 3.63) is 29.8 Å². The maximum absolute atomic E-state index is 12.9. The topological polar surface area (TPSA) is 42.0 Å². The number of hydrogen-bond donors (Lipinski definition) is 1. The monoisotopic (exact) mass is 258 g/mol. The highest BCUT2D eigenvalue weighted by molar-refractivity contribution is 5.94. The molecule has 0 unspecified atom stereocenters. The molecule has 1 fully saturated rings. The summed E-state index contributed by atoms with van der Waals surface area (Å²) in [5.74, 6) is -3.81. The lowest BCUT2D eigenvalue weighted by atomic mass is 9.92. The van der Waals surface area contributed by atoms with Gasteiger partial charge in [0.2, 0.25) is 11.9 Å². The third-order valence-electron chi connectivity index (χ3n) is 3.04. The maximum Gasteiger partial charge on any atom is 0.251 e. The number of amides is 1. The predicted molar refractivity (Wildman–Crippen MR) is 58.9 cm³/mol. The number of nitrogens with zero attached hydrogens (tertiary/aromatic N) is 1. The first kappa shape index (κ1) is 12.9. The zero-order chi connectivity index (χ0) is 13.2. The predicted octanol–water partition coefficient (Wildman–Crippen LogP) is 2.53. The van der Waals surface area contributed by atoms with Gasteiger partial charge in [-0.3, -0.25) is 4.79 Å². The number of alkyl halides is 2. The van der Waals surface area contributed by atoms with E-state index in [9.17, 15) is 18.0 Å². The van der Waals surface area contributed by atoms with Gasteiger partial charge in [0.15, 0.2) is 0 Å². The summed E-state index contributed by atoms with van der Waals surface area (Å²) < 4.78 is 38.7. The van der Waals surface area contributed by atoms with Gasteiger partial charge in [0, 0.05) is 36.7 Å². The summed E-state index contributed by atoms with van der Waals surface area (Å²) >= 11 is 0. The van der Waals surface area contributed by atoms with Crippen LogP contribution in [0, 0.1) is 5.95 Å². The average molecular weight is 258 g/mol. The van der Waals surface area contributed by atoms with Gasteiger partial charge in [-0.05, 0) is 18.9 Å². The molecule has 1 heterocycles. The van der Waals surface area contributed by atoms with Crippen LogP contribution in [-0.2, 0) is 0 Å². The Labute approximate surface area is 102 Å². The minimum absolute atomic E-state index is 0.153. The number of carbonyl (C=O) groups is 1. The van der Waals surface area contributed by atoms with Crippen molar-refractivity contribution in [3.63, 3.8) is 0 Å². The van der Waals surface area contributed by atoms with E-state index >= 15 is 0 Å². The van der Waals surface area contributed by atoms with Crippen LogP contribution >= 0.6 is 0 Å². The maximum atomic E-state index is 12.9. The summed E-state index contributed by atoms with van der Waals surface area (Å²) in [7, 11) is 0. The molecule has 18 heavy (non-hydrogen) atoms. The summed E-state index contributed by atoms with van der Waals surface area (Å²) in [5.41, 5.74) is 0.153. The second-order valence-corrected chi connectivity index (χ2v) is 4.47. The number of hydrogen-bond acceptors (Lipinski definition) is 2. The molecule has 98 valence electrons. The number of nitrogens with one attached hydrogen (secondary N) is 1. The summed E-state index contributed by atoms with van der Waals surface area (Å²) in [6.07, 6.45) is 1.24. The highest BCUT2D eigenvalue weighted by Gasteiger charge is 2.35. The highest BCUT2D eigenvalue weighted by Crippen LogP contribution is 2.33. The Morgan fingerprint density at radius 1 is 1.39 bits per heavy atom. The molecule has 1 aliphatic carbocycles. The van der Waals surface area contributed by atoms with Crippen LogP contribution in [0.25, 0.3) is 0 Å². The number of rotatable bonds is 2. The molecule has 0 aliphatic heterocycles. The molecule has 0 saturated heterocycles. The molecular weight excluding hydrogens is 245 g/mol. The van der Waals surface area contributed by atoms with Crippen LogP contribution in [-0.4, -0.2) is 22.9 Å². The van der Waals surface area contributed by atoms with E-state index in [0.717, 1.165) is 6.07 Å². The molecule has 1 aromatic heterocycles. The number of pyridine rings is 1. The van der Waals surface area contributed by atoms with Gasteiger partial charge < -0.3 is 5.32 Å². The van der Waals surface area contributed by atoms with Crippen LogP contribution in [0.2, 0.25) is 0 Å². The fraction of sp³-hybridized carbons (Fsp3) is 0.500. The molecule has 0 spiro atoms. The smallest absolute Gasteiger partial charge is 0.251 e. The van der Waals surface area contributed by atoms with Crippen molar-refractivity contribution in [1.82, 2.24) is 10.3 Å². The molecule has 0 bridgehead atoms. The molecule has 0 atom stereocenters. The van der Waals surface area contributed by atoms with E-state index in [1.54, 1.807) is 0 Å². The van der Waals surface area contributed by atoms with E-state index in [1.807, 2.05) is 0 Å². The fourth-order valence-corrected chi connectivity index (χ4v) is 2.00. The molecule has 1 aliphatic rings. The lowest BCUT2D eigenvalue weighted by molar-refractivity contribution is -0.0399. The van der Waals surface area contributed by atoms with Crippen LogP contribution in [0.15, 0.2) is 18.3 Å². The van der Waals surface area contributed by atoms with E-state index < -0.39 is 17.8 Å². The SMILES string of the molecule is O=C(NC1CCC(F)(F)CC1)c1ccnc(F)c1. The van der Waals surface area contributed by atoms with E-state index in [-0.39, 0.29) is 37.3 Å². The molecule has 1 N–H and O–H groups in total. The third kappa shape index (κ3) is 3.21. The Hall–Kier alpha value is -1.59. The Balaban J connectivity index is 1.93. The zero-order valence-corrected chi connectivity index (χ0v) is 9.63. The van der Waals surface area contributed by atoms with Gasteiger partial charge in [-0.15, -0.1) is 0 Å². The second kappa shape index (κ2) is 4.96. The first-order valence-electron chi connectivity index (χ1n) is 5.76. The number of aromatic nitrogens is 1. The summed E-state index contributed by atoms with van der Waals surface area (Å²) in [6, 6.07) is 2.14. The standard InChI is InChI=1S/C12H13F3N2O/c13-10-7-8(3-6-16-10)11(18)17-9-1-4-12(14,15)5-2-9/h3,6-7,9H,1-2,4-5H2,(H,17,18).